The number of hydrogen-bond donors (Lipinski definition) is 2. The number of ether oxygens (including phenoxy) is 2. The average Bonchev–Trinajstić information content (AvgIpc) is 2.49. The fourth-order valence-electron chi connectivity index (χ4n) is 1.97. The number of carbonyl (C=O) groups is 2. The molecule has 0 atom stereocenters. The standard InChI is InChI=1S/C16H16N2O5/c1-22-13-6-10(7-14(17)19)2-4-12(13)23-15-5-3-11(9-18-15)8-16(20)21/h2-6,9H,7-8H2,1H3,(H2,17,19)(H,20,21). The summed E-state index contributed by atoms with van der Waals surface area (Å²) in [5.74, 6) is -0.178. The van der Waals surface area contributed by atoms with Crippen LogP contribution >= 0.6 is 0 Å². The van der Waals surface area contributed by atoms with Crippen molar-refractivity contribution in [2.45, 2.75) is 12.8 Å². The van der Waals surface area contributed by atoms with E-state index < -0.39 is 11.9 Å². The smallest absolute Gasteiger partial charge is 0.307 e. The minimum Gasteiger partial charge on any atom is -0.493 e. The molecule has 1 aromatic heterocycles. The molecule has 1 heterocycles. The summed E-state index contributed by atoms with van der Waals surface area (Å²) in [6, 6.07) is 8.24. The fourth-order valence-corrected chi connectivity index (χ4v) is 1.97. The molecule has 120 valence electrons. The topological polar surface area (TPSA) is 112 Å². The summed E-state index contributed by atoms with van der Waals surface area (Å²) < 4.78 is 10.9. The van der Waals surface area contributed by atoms with E-state index in [0.29, 0.717) is 28.5 Å². The van der Waals surface area contributed by atoms with Crippen LogP contribution in [0.2, 0.25) is 0 Å². The molecule has 1 aromatic carbocycles. The van der Waals surface area contributed by atoms with Crippen molar-refractivity contribution in [2.24, 2.45) is 5.73 Å². The van der Waals surface area contributed by atoms with Crippen molar-refractivity contribution >= 4 is 11.9 Å². The van der Waals surface area contributed by atoms with Crippen LogP contribution in [0, 0.1) is 0 Å². The number of nitrogens with two attached hydrogens (primary N) is 1. The van der Waals surface area contributed by atoms with E-state index >= 15 is 0 Å². The minimum absolute atomic E-state index is 0.0988. The Hall–Kier alpha value is -3.09. The van der Waals surface area contributed by atoms with Gasteiger partial charge in [-0.25, -0.2) is 4.98 Å². The Kier molecular flexibility index (Phi) is 5.14. The van der Waals surface area contributed by atoms with Gasteiger partial charge in [0.05, 0.1) is 20.0 Å². The average molecular weight is 316 g/mol. The van der Waals surface area contributed by atoms with Gasteiger partial charge in [0.1, 0.15) is 0 Å². The zero-order chi connectivity index (χ0) is 16.8. The number of aromatic nitrogens is 1. The van der Waals surface area contributed by atoms with E-state index in [1.807, 2.05) is 0 Å². The van der Waals surface area contributed by atoms with E-state index in [1.165, 1.54) is 13.3 Å². The third kappa shape index (κ3) is 4.70. The van der Waals surface area contributed by atoms with Crippen molar-refractivity contribution in [1.82, 2.24) is 4.98 Å². The second-order valence-electron chi connectivity index (χ2n) is 4.81. The molecule has 7 heteroatoms. The second kappa shape index (κ2) is 7.26. The number of benzene rings is 1. The fraction of sp³-hybridized carbons (Fsp3) is 0.188. The molecular weight excluding hydrogens is 300 g/mol. The van der Waals surface area contributed by atoms with Gasteiger partial charge in [-0.1, -0.05) is 12.1 Å². The Bertz CT molecular complexity index is 713. The summed E-state index contributed by atoms with van der Waals surface area (Å²) >= 11 is 0. The molecule has 1 amide bonds. The number of hydrogen-bond acceptors (Lipinski definition) is 5. The summed E-state index contributed by atoms with van der Waals surface area (Å²) in [5, 5.41) is 8.72. The lowest BCUT2D eigenvalue weighted by Gasteiger charge is -2.11. The molecule has 0 radical (unpaired) electrons. The number of aliphatic carboxylic acids is 1. The zero-order valence-electron chi connectivity index (χ0n) is 12.5. The number of primary amides is 1. The molecule has 0 aliphatic carbocycles. The molecule has 23 heavy (non-hydrogen) atoms. The van der Waals surface area contributed by atoms with E-state index in [9.17, 15) is 9.59 Å². The third-order valence-corrected chi connectivity index (χ3v) is 2.97. The first kappa shape index (κ1) is 16.3. The molecule has 2 rings (SSSR count). The van der Waals surface area contributed by atoms with Gasteiger partial charge in [0.25, 0.3) is 0 Å². The summed E-state index contributed by atoms with van der Waals surface area (Å²) in [6.45, 7) is 0. The Balaban J connectivity index is 2.15. The maximum Gasteiger partial charge on any atom is 0.307 e. The predicted octanol–water partition coefficient (Wildman–Crippen LogP) is 1.54. The Morgan fingerprint density at radius 2 is 1.87 bits per heavy atom. The van der Waals surface area contributed by atoms with Crippen LogP contribution in [0.25, 0.3) is 0 Å². The highest BCUT2D eigenvalue weighted by Crippen LogP contribution is 2.31. The van der Waals surface area contributed by atoms with E-state index in [4.69, 9.17) is 20.3 Å². The van der Waals surface area contributed by atoms with Crippen LogP contribution in [0.5, 0.6) is 17.4 Å². The lowest BCUT2D eigenvalue weighted by atomic mass is 10.1. The number of methoxy groups -OCH3 is 1. The number of nitrogens with zero attached hydrogens (tertiary/aromatic N) is 1. The van der Waals surface area contributed by atoms with Crippen LogP contribution in [0.1, 0.15) is 11.1 Å². The van der Waals surface area contributed by atoms with Crippen molar-refractivity contribution in [1.29, 1.82) is 0 Å². The molecule has 3 N–H and O–H groups in total. The highest BCUT2D eigenvalue weighted by Gasteiger charge is 2.09. The SMILES string of the molecule is COc1cc(CC(N)=O)ccc1Oc1ccc(CC(=O)O)cn1. The summed E-state index contributed by atoms with van der Waals surface area (Å²) in [5.41, 5.74) is 6.46. The largest absolute Gasteiger partial charge is 0.493 e. The maximum atomic E-state index is 11.0. The van der Waals surface area contributed by atoms with Gasteiger partial charge in [0, 0.05) is 12.3 Å². The Morgan fingerprint density at radius 1 is 1.13 bits per heavy atom. The third-order valence-electron chi connectivity index (χ3n) is 2.97. The second-order valence-corrected chi connectivity index (χ2v) is 4.81. The molecule has 0 spiro atoms. The summed E-state index contributed by atoms with van der Waals surface area (Å²) in [6.07, 6.45) is 1.45. The van der Waals surface area contributed by atoms with Gasteiger partial charge in [-0.3, -0.25) is 9.59 Å². The monoisotopic (exact) mass is 316 g/mol. The molecule has 2 aromatic rings. The van der Waals surface area contributed by atoms with E-state index in [-0.39, 0.29) is 12.8 Å². The van der Waals surface area contributed by atoms with E-state index in [1.54, 1.807) is 30.3 Å². The first-order chi connectivity index (χ1) is 11.0. The van der Waals surface area contributed by atoms with Crippen molar-refractivity contribution in [3.8, 4) is 17.4 Å². The van der Waals surface area contributed by atoms with Gasteiger partial charge in [-0.2, -0.15) is 0 Å². The quantitative estimate of drug-likeness (QED) is 0.801. The molecule has 7 nitrogen and oxygen atoms in total. The first-order valence-corrected chi connectivity index (χ1v) is 6.77. The molecule has 0 aliphatic rings. The summed E-state index contributed by atoms with van der Waals surface area (Å²) in [4.78, 5) is 25.6. The summed E-state index contributed by atoms with van der Waals surface area (Å²) in [7, 11) is 1.49. The normalized spacial score (nSPS) is 10.1. The number of amides is 1. The number of rotatable bonds is 7. The van der Waals surface area contributed by atoms with Crippen molar-refractivity contribution in [3.05, 3.63) is 47.7 Å². The molecule has 0 saturated heterocycles. The minimum atomic E-state index is -0.924. The Morgan fingerprint density at radius 3 is 2.43 bits per heavy atom. The zero-order valence-corrected chi connectivity index (χ0v) is 12.5. The highest BCUT2D eigenvalue weighted by molar-refractivity contribution is 5.76. The lowest BCUT2D eigenvalue weighted by molar-refractivity contribution is -0.136. The molecular formula is C16H16N2O5. The highest BCUT2D eigenvalue weighted by atomic mass is 16.5. The van der Waals surface area contributed by atoms with Crippen LogP contribution in [-0.4, -0.2) is 29.1 Å². The van der Waals surface area contributed by atoms with Crippen LogP contribution in [-0.2, 0) is 22.4 Å². The van der Waals surface area contributed by atoms with Crippen LogP contribution in [0.4, 0.5) is 0 Å². The molecule has 0 aliphatic heterocycles. The van der Waals surface area contributed by atoms with Crippen LogP contribution < -0.4 is 15.2 Å². The molecule has 0 bridgehead atoms. The molecule has 0 saturated carbocycles. The van der Waals surface area contributed by atoms with Gasteiger partial charge in [-0.15, -0.1) is 0 Å². The maximum absolute atomic E-state index is 11.0. The van der Waals surface area contributed by atoms with Gasteiger partial charge in [-0.05, 0) is 23.3 Å². The molecule has 0 unspecified atom stereocenters. The van der Waals surface area contributed by atoms with Crippen LogP contribution in [0.3, 0.4) is 0 Å². The van der Waals surface area contributed by atoms with Gasteiger partial charge < -0.3 is 20.3 Å². The number of carbonyl (C=O) groups excluding carboxylic acids is 1. The van der Waals surface area contributed by atoms with E-state index in [0.717, 1.165) is 0 Å². The van der Waals surface area contributed by atoms with Crippen molar-refractivity contribution in [2.75, 3.05) is 7.11 Å². The van der Waals surface area contributed by atoms with Crippen molar-refractivity contribution < 1.29 is 24.2 Å². The van der Waals surface area contributed by atoms with Gasteiger partial charge >= 0.3 is 5.97 Å². The molecule has 0 fully saturated rings. The lowest BCUT2D eigenvalue weighted by Crippen LogP contribution is -2.13. The number of pyridine rings is 1. The Labute approximate surface area is 132 Å². The first-order valence-electron chi connectivity index (χ1n) is 6.77. The number of carboxylic acid groups (broad SMARTS) is 1. The number of carboxylic acids is 1. The van der Waals surface area contributed by atoms with E-state index in [2.05, 4.69) is 4.98 Å². The van der Waals surface area contributed by atoms with Crippen LogP contribution in [0.15, 0.2) is 36.5 Å². The van der Waals surface area contributed by atoms with Gasteiger partial charge in [0.2, 0.25) is 11.8 Å². The predicted molar refractivity (Wildman–Crippen MR) is 81.5 cm³/mol. The van der Waals surface area contributed by atoms with Gasteiger partial charge in [0.15, 0.2) is 11.5 Å². The van der Waals surface area contributed by atoms with Crippen molar-refractivity contribution in [3.63, 3.8) is 0 Å².